The zero-order valence-electron chi connectivity index (χ0n) is 15.3. The molecule has 132 valence electrons. The van der Waals surface area contributed by atoms with Crippen molar-refractivity contribution in [3.05, 3.63) is 36.4 Å². The van der Waals surface area contributed by atoms with Crippen molar-refractivity contribution in [2.24, 2.45) is 0 Å². The maximum absolute atomic E-state index is 12.1. The Labute approximate surface area is 145 Å². The number of amides is 2. The number of rotatable bonds is 9. The Bertz CT molecular complexity index is 580. The van der Waals surface area contributed by atoms with Gasteiger partial charge in [0.25, 0.3) is 0 Å². The summed E-state index contributed by atoms with van der Waals surface area (Å²) in [7, 11) is 0. The maximum Gasteiger partial charge on any atom is 0.226 e. The molecule has 0 aliphatic carbocycles. The Morgan fingerprint density at radius 1 is 1.25 bits per heavy atom. The highest BCUT2D eigenvalue weighted by Crippen LogP contribution is 2.22. The van der Waals surface area contributed by atoms with E-state index in [0.29, 0.717) is 13.1 Å². The monoisotopic (exact) mass is 331 g/mol. The van der Waals surface area contributed by atoms with Gasteiger partial charge < -0.3 is 15.1 Å². The molecule has 0 aromatic heterocycles. The molecule has 0 radical (unpaired) electrons. The van der Waals surface area contributed by atoms with E-state index in [1.54, 1.807) is 11.0 Å². The third-order valence-electron chi connectivity index (χ3n) is 4.02. The van der Waals surface area contributed by atoms with Crippen molar-refractivity contribution < 1.29 is 9.59 Å². The molecule has 1 aromatic carbocycles. The summed E-state index contributed by atoms with van der Waals surface area (Å²) < 4.78 is 0. The van der Waals surface area contributed by atoms with Gasteiger partial charge in [0.15, 0.2) is 0 Å². The molecule has 1 N–H and O–H groups in total. The number of nitrogens with one attached hydrogen (secondary N) is 1. The molecule has 0 heterocycles. The summed E-state index contributed by atoms with van der Waals surface area (Å²) in [5.74, 6) is -0.147. The smallest absolute Gasteiger partial charge is 0.226 e. The molecule has 0 atom stereocenters. The number of hydrogen-bond donors (Lipinski definition) is 1. The van der Waals surface area contributed by atoms with Crippen LogP contribution in [0.1, 0.15) is 32.8 Å². The normalized spacial score (nSPS) is 10.2. The lowest BCUT2D eigenvalue weighted by Crippen LogP contribution is -2.32. The van der Waals surface area contributed by atoms with E-state index in [0.717, 1.165) is 30.0 Å². The van der Waals surface area contributed by atoms with Gasteiger partial charge in [-0.05, 0) is 44.5 Å². The first-order valence-electron chi connectivity index (χ1n) is 8.44. The fraction of sp³-hybridized carbons (Fsp3) is 0.474. The van der Waals surface area contributed by atoms with Crippen LogP contribution in [0.3, 0.4) is 0 Å². The Kier molecular flexibility index (Phi) is 8.02. The number of hydrogen-bond acceptors (Lipinski definition) is 3. The highest BCUT2D eigenvalue weighted by Gasteiger charge is 2.11. The second-order valence-electron chi connectivity index (χ2n) is 5.72. The van der Waals surface area contributed by atoms with Crippen LogP contribution < -0.4 is 10.2 Å². The molecule has 1 aromatic rings. The van der Waals surface area contributed by atoms with Crippen molar-refractivity contribution in [2.45, 2.75) is 34.1 Å². The van der Waals surface area contributed by atoms with Crippen molar-refractivity contribution in [2.75, 3.05) is 36.4 Å². The average Bonchev–Trinajstić information content (AvgIpc) is 2.54. The van der Waals surface area contributed by atoms with Crippen molar-refractivity contribution in [3.63, 3.8) is 0 Å². The number of nitrogens with zero attached hydrogens (tertiary/aromatic N) is 2. The molecule has 24 heavy (non-hydrogen) atoms. The summed E-state index contributed by atoms with van der Waals surface area (Å²) in [4.78, 5) is 27.5. The van der Waals surface area contributed by atoms with Gasteiger partial charge in [-0.15, -0.1) is 6.58 Å². The molecule has 0 spiro atoms. The maximum atomic E-state index is 12.1. The summed E-state index contributed by atoms with van der Waals surface area (Å²) in [6.45, 7) is 14.1. The number of carbonyl (C=O) groups excluding carboxylic acids is 2. The highest BCUT2D eigenvalue weighted by atomic mass is 16.2. The van der Waals surface area contributed by atoms with Gasteiger partial charge >= 0.3 is 0 Å². The van der Waals surface area contributed by atoms with E-state index in [4.69, 9.17) is 0 Å². The Hall–Kier alpha value is -2.30. The fourth-order valence-corrected chi connectivity index (χ4v) is 2.56. The van der Waals surface area contributed by atoms with Gasteiger partial charge in [0.2, 0.25) is 11.8 Å². The molecule has 0 unspecified atom stereocenters. The molecule has 5 heteroatoms. The molecule has 1 rings (SSSR count). The third-order valence-corrected chi connectivity index (χ3v) is 4.02. The standard InChI is InChI=1S/C19H29N3O2/c1-6-12-22(16(5)23)13-11-19(24)20-18-10-9-17(14-15(18)4)21(7-2)8-3/h6,9-10,14H,1,7-8,11-13H2,2-5H3,(H,20,24). The van der Waals surface area contributed by atoms with Gasteiger partial charge in [-0.3, -0.25) is 9.59 Å². The van der Waals surface area contributed by atoms with Crippen molar-refractivity contribution in [1.82, 2.24) is 4.90 Å². The van der Waals surface area contributed by atoms with Crippen LogP contribution >= 0.6 is 0 Å². The van der Waals surface area contributed by atoms with Crippen LogP contribution in [-0.4, -0.2) is 42.9 Å². The first-order valence-corrected chi connectivity index (χ1v) is 8.44. The molecule has 0 saturated carbocycles. The van der Waals surface area contributed by atoms with Crippen molar-refractivity contribution in [1.29, 1.82) is 0 Å². The average molecular weight is 331 g/mol. The van der Waals surface area contributed by atoms with Gasteiger partial charge in [0.05, 0.1) is 0 Å². The molecule has 0 aliphatic rings. The van der Waals surface area contributed by atoms with Gasteiger partial charge in [-0.1, -0.05) is 6.08 Å². The second kappa shape index (κ2) is 9.75. The third kappa shape index (κ3) is 5.72. The predicted octanol–water partition coefficient (Wildman–Crippen LogP) is 3.20. The Morgan fingerprint density at radius 2 is 1.92 bits per heavy atom. The van der Waals surface area contributed by atoms with E-state index in [2.05, 4.69) is 36.7 Å². The molecule has 0 aliphatic heterocycles. The number of aryl methyl sites for hydroxylation is 1. The quantitative estimate of drug-likeness (QED) is 0.707. The summed E-state index contributed by atoms with van der Waals surface area (Å²) in [5, 5.41) is 2.93. The summed E-state index contributed by atoms with van der Waals surface area (Å²) in [6.07, 6.45) is 1.93. The molecule has 0 saturated heterocycles. The number of anilines is 2. The van der Waals surface area contributed by atoms with E-state index in [1.807, 2.05) is 19.1 Å². The molecular formula is C19H29N3O2. The molecular weight excluding hydrogens is 302 g/mol. The SMILES string of the molecule is C=CCN(CCC(=O)Nc1ccc(N(CC)CC)cc1C)C(C)=O. The van der Waals surface area contributed by atoms with Gasteiger partial charge in [0, 0.05) is 50.9 Å². The summed E-state index contributed by atoms with van der Waals surface area (Å²) in [6, 6.07) is 6.05. The van der Waals surface area contributed by atoms with Crippen molar-refractivity contribution >= 4 is 23.2 Å². The molecule has 2 amide bonds. The summed E-state index contributed by atoms with van der Waals surface area (Å²) >= 11 is 0. The Balaban J connectivity index is 2.67. The molecule has 5 nitrogen and oxygen atoms in total. The van der Waals surface area contributed by atoms with Gasteiger partial charge in [-0.25, -0.2) is 0 Å². The van der Waals surface area contributed by atoms with Crippen LogP contribution in [0.2, 0.25) is 0 Å². The first-order chi connectivity index (χ1) is 11.4. The lowest BCUT2D eigenvalue weighted by Gasteiger charge is -2.22. The topological polar surface area (TPSA) is 52.7 Å². The summed E-state index contributed by atoms with van der Waals surface area (Å²) in [5.41, 5.74) is 3.00. The van der Waals surface area contributed by atoms with Crippen LogP contribution in [0.5, 0.6) is 0 Å². The largest absolute Gasteiger partial charge is 0.372 e. The zero-order chi connectivity index (χ0) is 18.1. The molecule has 0 bridgehead atoms. The lowest BCUT2D eigenvalue weighted by atomic mass is 10.1. The van der Waals surface area contributed by atoms with E-state index >= 15 is 0 Å². The van der Waals surface area contributed by atoms with Crippen LogP contribution in [-0.2, 0) is 9.59 Å². The fourth-order valence-electron chi connectivity index (χ4n) is 2.56. The zero-order valence-corrected chi connectivity index (χ0v) is 15.3. The Morgan fingerprint density at radius 3 is 2.42 bits per heavy atom. The van der Waals surface area contributed by atoms with Crippen LogP contribution in [0.15, 0.2) is 30.9 Å². The second-order valence-corrected chi connectivity index (χ2v) is 5.72. The lowest BCUT2D eigenvalue weighted by molar-refractivity contribution is -0.128. The van der Waals surface area contributed by atoms with Crippen LogP contribution in [0, 0.1) is 6.92 Å². The van der Waals surface area contributed by atoms with Crippen LogP contribution in [0.4, 0.5) is 11.4 Å². The van der Waals surface area contributed by atoms with E-state index in [9.17, 15) is 9.59 Å². The van der Waals surface area contributed by atoms with Gasteiger partial charge in [0.1, 0.15) is 0 Å². The van der Waals surface area contributed by atoms with Crippen molar-refractivity contribution in [3.8, 4) is 0 Å². The highest BCUT2D eigenvalue weighted by molar-refractivity contribution is 5.92. The van der Waals surface area contributed by atoms with Gasteiger partial charge in [-0.2, -0.15) is 0 Å². The minimum absolute atomic E-state index is 0.0533. The molecule has 0 fully saturated rings. The predicted molar refractivity (Wildman–Crippen MR) is 100 cm³/mol. The van der Waals surface area contributed by atoms with E-state index in [-0.39, 0.29) is 18.2 Å². The van der Waals surface area contributed by atoms with E-state index in [1.165, 1.54) is 6.92 Å². The minimum atomic E-state index is -0.0935. The number of carbonyl (C=O) groups is 2. The minimum Gasteiger partial charge on any atom is -0.372 e. The number of benzene rings is 1. The van der Waals surface area contributed by atoms with Crippen LogP contribution in [0.25, 0.3) is 0 Å². The first kappa shape index (κ1) is 19.7. The van der Waals surface area contributed by atoms with E-state index < -0.39 is 0 Å².